The first-order valence-corrected chi connectivity index (χ1v) is 13.0. The molecule has 3 aliphatic rings. The number of hydrogen-bond donors (Lipinski definition) is 1. The summed E-state index contributed by atoms with van der Waals surface area (Å²) >= 11 is 0. The third-order valence-corrected chi connectivity index (χ3v) is 9.12. The van der Waals surface area contributed by atoms with Gasteiger partial charge >= 0.3 is 5.97 Å². The van der Waals surface area contributed by atoms with Crippen LogP contribution in [0.4, 0.5) is 0 Å². The predicted molar refractivity (Wildman–Crippen MR) is 133 cm³/mol. The van der Waals surface area contributed by atoms with Crippen molar-refractivity contribution in [2.75, 3.05) is 19.6 Å². The molecule has 0 bridgehead atoms. The fourth-order valence-corrected chi connectivity index (χ4v) is 7.12. The minimum atomic E-state index is -0.794. The van der Waals surface area contributed by atoms with Crippen LogP contribution in [0.5, 0.6) is 0 Å². The van der Waals surface area contributed by atoms with Crippen molar-refractivity contribution >= 4 is 5.97 Å². The lowest BCUT2D eigenvalue weighted by Crippen LogP contribution is -2.56. The van der Waals surface area contributed by atoms with Gasteiger partial charge in [-0.25, -0.2) is 0 Å². The molecule has 1 unspecified atom stereocenters. The van der Waals surface area contributed by atoms with Crippen LogP contribution < -0.4 is 0 Å². The van der Waals surface area contributed by atoms with Gasteiger partial charge in [0.1, 0.15) is 6.10 Å². The molecule has 0 spiro atoms. The molecule has 2 fully saturated rings. The van der Waals surface area contributed by atoms with Gasteiger partial charge < -0.3 is 14.7 Å². The van der Waals surface area contributed by atoms with E-state index < -0.39 is 5.60 Å². The molecule has 1 N–H and O–H groups in total. The summed E-state index contributed by atoms with van der Waals surface area (Å²) in [5.74, 6) is 1.03. The number of hydrogen-bond acceptors (Lipinski definition) is 4. The summed E-state index contributed by atoms with van der Waals surface area (Å²) in [6.07, 6.45) is 7.14. The van der Waals surface area contributed by atoms with Crippen LogP contribution in [-0.2, 0) is 14.9 Å². The van der Waals surface area contributed by atoms with Crippen molar-refractivity contribution in [1.82, 2.24) is 4.90 Å². The molecule has 1 heterocycles. The molecule has 33 heavy (non-hydrogen) atoms. The quantitative estimate of drug-likeness (QED) is 0.482. The molecule has 4 nitrogen and oxygen atoms in total. The van der Waals surface area contributed by atoms with Gasteiger partial charge in [0.25, 0.3) is 0 Å². The summed E-state index contributed by atoms with van der Waals surface area (Å²) in [5.41, 5.74) is 1.96. The van der Waals surface area contributed by atoms with Gasteiger partial charge in [0.05, 0.1) is 5.60 Å². The fraction of sp³-hybridized carbons (Fsp3) is 0.690. The van der Waals surface area contributed by atoms with Crippen LogP contribution >= 0.6 is 0 Å². The lowest BCUT2D eigenvalue weighted by Gasteiger charge is -2.53. The van der Waals surface area contributed by atoms with Crippen LogP contribution in [0.3, 0.4) is 0 Å². The second-order valence-corrected chi connectivity index (χ2v) is 11.6. The van der Waals surface area contributed by atoms with E-state index in [0.29, 0.717) is 18.3 Å². The number of nitrogens with zero attached hydrogens (tertiary/aromatic N) is 1. The van der Waals surface area contributed by atoms with Crippen LogP contribution in [0.15, 0.2) is 42.0 Å². The highest BCUT2D eigenvalue weighted by molar-refractivity contribution is 5.66. The smallest absolute Gasteiger partial charge is 0.303 e. The first kappa shape index (κ1) is 24.5. The molecule has 1 saturated carbocycles. The Labute approximate surface area is 200 Å². The number of piperidine rings is 1. The van der Waals surface area contributed by atoms with E-state index in [2.05, 4.69) is 69.0 Å². The van der Waals surface area contributed by atoms with Crippen molar-refractivity contribution < 1.29 is 14.6 Å². The Kier molecular flexibility index (Phi) is 7.08. The molecule has 0 radical (unpaired) electrons. The molecule has 7 atom stereocenters. The van der Waals surface area contributed by atoms with Crippen LogP contribution in [0, 0.1) is 23.7 Å². The number of benzene rings is 1. The molecule has 1 saturated heterocycles. The van der Waals surface area contributed by atoms with Crippen molar-refractivity contribution in [2.45, 2.75) is 83.8 Å². The molecular weight excluding hydrogens is 410 g/mol. The highest BCUT2D eigenvalue weighted by atomic mass is 16.5. The number of fused-ring (bicyclic) bond motifs is 1. The molecule has 0 amide bonds. The molecule has 4 rings (SSSR count). The molecule has 0 aromatic heterocycles. The SMILES string of the molecule is CC(=O)O[C@@H]1C[C@@]2(O)[C@H](C)CC[C@@H](C(C)CN3CCC[C@@](C)(c4ccccc4)C3)[C@H]2C=C1C. The van der Waals surface area contributed by atoms with Gasteiger partial charge in [-0.05, 0) is 68.0 Å². The van der Waals surface area contributed by atoms with Gasteiger partial charge in [0.15, 0.2) is 0 Å². The van der Waals surface area contributed by atoms with E-state index in [1.165, 1.54) is 25.3 Å². The number of carbonyl (C=O) groups is 1. The predicted octanol–water partition coefficient (Wildman–Crippen LogP) is 5.35. The highest BCUT2D eigenvalue weighted by Crippen LogP contribution is 2.51. The number of likely N-dealkylation sites (tertiary alicyclic amines) is 1. The van der Waals surface area contributed by atoms with Crippen LogP contribution in [-0.4, -0.2) is 47.3 Å². The van der Waals surface area contributed by atoms with Crippen molar-refractivity contribution in [3.05, 3.63) is 47.5 Å². The zero-order valence-electron chi connectivity index (χ0n) is 21.2. The first-order chi connectivity index (χ1) is 15.6. The monoisotopic (exact) mass is 453 g/mol. The summed E-state index contributed by atoms with van der Waals surface area (Å²) in [4.78, 5) is 14.3. The largest absolute Gasteiger partial charge is 0.458 e. The summed E-state index contributed by atoms with van der Waals surface area (Å²) in [5, 5.41) is 11.9. The van der Waals surface area contributed by atoms with Crippen LogP contribution in [0.1, 0.15) is 72.3 Å². The maximum Gasteiger partial charge on any atom is 0.303 e. The number of esters is 1. The van der Waals surface area contributed by atoms with E-state index in [9.17, 15) is 9.90 Å². The Bertz CT molecular complexity index is 867. The van der Waals surface area contributed by atoms with Crippen LogP contribution in [0.2, 0.25) is 0 Å². The zero-order chi connectivity index (χ0) is 23.8. The second kappa shape index (κ2) is 9.54. The Hall–Kier alpha value is -1.65. The Balaban J connectivity index is 1.49. The first-order valence-electron chi connectivity index (χ1n) is 13.0. The van der Waals surface area contributed by atoms with Crippen molar-refractivity contribution in [3.8, 4) is 0 Å². The average molecular weight is 454 g/mol. The van der Waals surface area contributed by atoms with E-state index in [1.807, 2.05) is 0 Å². The van der Waals surface area contributed by atoms with Gasteiger partial charge in [-0.1, -0.05) is 57.2 Å². The van der Waals surface area contributed by atoms with E-state index >= 15 is 0 Å². The normalized spacial score (nSPS) is 38.2. The topological polar surface area (TPSA) is 49.8 Å². The average Bonchev–Trinajstić information content (AvgIpc) is 2.76. The second-order valence-electron chi connectivity index (χ2n) is 11.6. The Morgan fingerprint density at radius 2 is 2.00 bits per heavy atom. The minimum absolute atomic E-state index is 0.133. The van der Waals surface area contributed by atoms with Gasteiger partial charge in [0, 0.05) is 37.8 Å². The lowest BCUT2D eigenvalue weighted by atomic mass is 9.57. The summed E-state index contributed by atoms with van der Waals surface area (Å²) in [7, 11) is 0. The van der Waals surface area contributed by atoms with Crippen molar-refractivity contribution in [1.29, 1.82) is 0 Å². The van der Waals surface area contributed by atoms with Crippen molar-refractivity contribution in [2.24, 2.45) is 23.7 Å². The Morgan fingerprint density at radius 1 is 1.27 bits per heavy atom. The molecule has 2 aliphatic carbocycles. The summed E-state index contributed by atoms with van der Waals surface area (Å²) in [6.45, 7) is 13.8. The van der Waals surface area contributed by atoms with Gasteiger partial charge in [0.2, 0.25) is 0 Å². The lowest BCUT2D eigenvalue weighted by molar-refractivity contribution is -0.159. The maximum absolute atomic E-state index is 11.9. The van der Waals surface area contributed by atoms with Crippen molar-refractivity contribution in [3.63, 3.8) is 0 Å². The highest BCUT2D eigenvalue weighted by Gasteiger charge is 2.53. The number of carbonyl (C=O) groups excluding carboxylic acids is 1. The van der Waals surface area contributed by atoms with E-state index in [4.69, 9.17) is 4.74 Å². The van der Waals surface area contributed by atoms with Gasteiger partial charge in [-0.3, -0.25) is 4.79 Å². The number of ether oxygens (including phenoxy) is 1. The number of aliphatic hydroxyl groups is 1. The van der Waals surface area contributed by atoms with E-state index in [-0.39, 0.29) is 29.3 Å². The molecule has 182 valence electrons. The molecule has 1 aromatic carbocycles. The van der Waals surface area contributed by atoms with Crippen LogP contribution in [0.25, 0.3) is 0 Å². The summed E-state index contributed by atoms with van der Waals surface area (Å²) in [6, 6.07) is 11.0. The standard InChI is InChI=1S/C29H43NO3/c1-20-16-26-25(13-12-22(3)29(26,32)17-27(20)33-23(4)31)21(2)18-30-15-9-14-28(5,19-30)24-10-7-6-8-11-24/h6-8,10-11,16,21-22,25-27,32H,9,12-15,17-19H2,1-5H3/t21?,22-,25+,26-,27-,28-,29-/m1/s1. The zero-order valence-corrected chi connectivity index (χ0v) is 21.2. The van der Waals surface area contributed by atoms with E-state index in [0.717, 1.165) is 38.0 Å². The molecule has 1 aromatic rings. The van der Waals surface area contributed by atoms with Gasteiger partial charge in [-0.15, -0.1) is 0 Å². The Morgan fingerprint density at radius 3 is 2.70 bits per heavy atom. The van der Waals surface area contributed by atoms with E-state index in [1.54, 1.807) is 0 Å². The molecular formula is C29H43NO3. The molecule has 4 heteroatoms. The third-order valence-electron chi connectivity index (χ3n) is 9.12. The fourth-order valence-electron chi connectivity index (χ4n) is 7.12. The molecule has 1 aliphatic heterocycles. The van der Waals surface area contributed by atoms with Gasteiger partial charge in [-0.2, -0.15) is 0 Å². The minimum Gasteiger partial charge on any atom is -0.458 e. The summed E-state index contributed by atoms with van der Waals surface area (Å²) < 4.78 is 5.57. The maximum atomic E-state index is 11.9. The number of rotatable bonds is 5. The third kappa shape index (κ3) is 4.93.